The molecule has 1 N–H and O–H groups in total. The van der Waals surface area contributed by atoms with Gasteiger partial charge in [-0.15, -0.1) is 11.3 Å². The van der Waals surface area contributed by atoms with Gasteiger partial charge in [-0.25, -0.2) is 19.2 Å². The van der Waals surface area contributed by atoms with Crippen molar-refractivity contribution in [1.82, 2.24) is 19.6 Å². The third-order valence-corrected chi connectivity index (χ3v) is 10.0. The Bertz CT molecular complexity index is 1750. The van der Waals surface area contributed by atoms with E-state index in [1.165, 1.54) is 11.3 Å². The first-order valence-corrected chi connectivity index (χ1v) is 16.6. The molecule has 8 nitrogen and oxygen atoms in total. The van der Waals surface area contributed by atoms with E-state index in [-0.39, 0.29) is 11.2 Å². The van der Waals surface area contributed by atoms with Gasteiger partial charge in [-0.1, -0.05) is 25.1 Å². The van der Waals surface area contributed by atoms with Gasteiger partial charge < -0.3 is 14.7 Å². The van der Waals surface area contributed by atoms with E-state index in [2.05, 4.69) is 24.0 Å². The largest absolute Gasteiger partial charge is 0.479 e. The normalized spacial score (nSPS) is 18.6. The highest BCUT2D eigenvalue weighted by Crippen LogP contribution is 2.41. The minimum Gasteiger partial charge on any atom is -0.479 e. The van der Waals surface area contributed by atoms with Gasteiger partial charge in [0.25, 0.3) is 0 Å². The lowest BCUT2D eigenvalue weighted by Gasteiger charge is -2.41. The molecule has 1 fully saturated rings. The molecule has 0 unspecified atom stereocenters. The Morgan fingerprint density at radius 2 is 1.87 bits per heavy atom. The second kappa shape index (κ2) is 12.3. The number of carboxylic acids is 1. The van der Waals surface area contributed by atoms with Crippen molar-refractivity contribution in [1.29, 1.82) is 0 Å². The topological polar surface area (TPSA) is 92.8 Å². The van der Waals surface area contributed by atoms with E-state index in [1.54, 1.807) is 16.6 Å². The average molecular weight is 632 g/mol. The standard InChI is InChI=1S/C35H42FN5O3S/c1-22-29(30(33(42)43)44-34(2,3)4)32-40-16-14-35(5,15-17-40)13-9-7-6-8-10-23-11-12-25(36)18-24(23)19-26-21-37-31(45-26)27-20-28(38-22)41(32)39-27/h6-7,11-12,18,20-21,30H,8-10,13-17,19H2,1-5H3,(H,42,43)/b7-6+/t30-/m0/s1. The molecule has 6 heterocycles. The summed E-state index contributed by atoms with van der Waals surface area (Å²) in [5.41, 5.74) is 4.06. The number of aliphatic carboxylic acids is 1. The minimum absolute atomic E-state index is 0.174. The first-order chi connectivity index (χ1) is 21.4. The Morgan fingerprint density at radius 3 is 2.60 bits per heavy atom. The van der Waals surface area contributed by atoms with E-state index in [4.69, 9.17) is 19.8 Å². The Morgan fingerprint density at radius 1 is 1.11 bits per heavy atom. The van der Waals surface area contributed by atoms with Crippen molar-refractivity contribution in [2.24, 2.45) is 5.41 Å². The molecule has 3 aliphatic heterocycles. The zero-order valence-electron chi connectivity index (χ0n) is 26.8. The number of anilines is 1. The van der Waals surface area contributed by atoms with Gasteiger partial charge in [0.15, 0.2) is 11.8 Å². The van der Waals surface area contributed by atoms with Crippen LogP contribution in [0.4, 0.5) is 10.2 Å². The number of halogens is 1. The van der Waals surface area contributed by atoms with Crippen LogP contribution in [0.5, 0.6) is 0 Å². The lowest BCUT2D eigenvalue weighted by molar-refractivity contribution is -0.160. The first kappa shape index (κ1) is 31.4. The van der Waals surface area contributed by atoms with Crippen LogP contribution in [-0.2, 0) is 22.4 Å². The van der Waals surface area contributed by atoms with Gasteiger partial charge in [0.1, 0.15) is 22.3 Å². The Balaban J connectivity index is 1.49. The fourth-order valence-corrected chi connectivity index (χ4v) is 7.42. The molecule has 0 aliphatic carbocycles. The third kappa shape index (κ3) is 6.82. The van der Waals surface area contributed by atoms with Gasteiger partial charge in [-0.05, 0) is 94.9 Å². The summed E-state index contributed by atoms with van der Waals surface area (Å²) in [4.78, 5) is 25.6. The first-order valence-electron chi connectivity index (χ1n) is 15.8. The summed E-state index contributed by atoms with van der Waals surface area (Å²) in [6.45, 7) is 11.4. The highest BCUT2D eigenvalue weighted by molar-refractivity contribution is 7.15. The van der Waals surface area contributed by atoms with Gasteiger partial charge in [0.05, 0.1) is 11.2 Å². The number of benzene rings is 1. The summed E-state index contributed by atoms with van der Waals surface area (Å²) in [6, 6.07) is 7.01. The van der Waals surface area contributed by atoms with Crippen LogP contribution in [0.3, 0.4) is 0 Å². The van der Waals surface area contributed by atoms with Crippen LogP contribution in [0.25, 0.3) is 16.3 Å². The monoisotopic (exact) mass is 631 g/mol. The van der Waals surface area contributed by atoms with Crippen molar-refractivity contribution in [3.8, 4) is 10.7 Å². The number of carboxylic acid groups (broad SMARTS) is 1. The number of fused-ring (bicyclic) bond motifs is 6. The van der Waals surface area contributed by atoms with Crippen LogP contribution in [0.2, 0.25) is 0 Å². The summed E-state index contributed by atoms with van der Waals surface area (Å²) >= 11 is 1.53. The molecule has 7 rings (SSSR count). The molecule has 238 valence electrons. The molecular formula is C35H42FN5O3S. The number of carbonyl (C=O) groups is 1. The number of aryl methyl sites for hydroxylation is 2. The maximum atomic E-state index is 14.3. The lowest BCUT2D eigenvalue weighted by Crippen LogP contribution is -2.41. The van der Waals surface area contributed by atoms with Crippen LogP contribution >= 0.6 is 11.3 Å². The SMILES string of the molecule is Cc1nc2cc3nn2c(c1[C@H](OC(C)(C)C)C(=O)O)N1CCC(C)(CC/C=C/CCc2ccc(F)cc2Cc2cnc-3s2)CC1. The number of piperidine rings is 1. The van der Waals surface area contributed by atoms with Crippen LogP contribution in [0.1, 0.15) is 93.2 Å². The van der Waals surface area contributed by atoms with Crippen molar-refractivity contribution in [2.45, 2.75) is 91.3 Å². The molecule has 1 saturated heterocycles. The van der Waals surface area contributed by atoms with Crippen molar-refractivity contribution in [2.75, 3.05) is 18.0 Å². The number of hydrogen-bond acceptors (Lipinski definition) is 7. The fourth-order valence-electron chi connectivity index (χ4n) is 6.53. The van der Waals surface area contributed by atoms with Gasteiger partial charge >= 0.3 is 5.97 Å². The average Bonchev–Trinajstić information content (AvgIpc) is 3.61. The number of thiazole rings is 1. The van der Waals surface area contributed by atoms with Gasteiger partial charge in [0.2, 0.25) is 0 Å². The number of hydrogen-bond donors (Lipinski definition) is 1. The van der Waals surface area contributed by atoms with E-state index in [9.17, 15) is 14.3 Å². The number of allylic oxidation sites excluding steroid dienone is 2. The predicted octanol–water partition coefficient (Wildman–Crippen LogP) is 7.72. The van der Waals surface area contributed by atoms with E-state index in [0.29, 0.717) is 29.0 Å². The van der Waals surface area contributed by atoms with Crippen LogP contribution in [0.15, 0.2) is 42.6 Å². The van der Waals surface area contributed by atoms with Gasteiger partial charge in [0, 0.05) is 42.3 Å². The number of nitrogens with zero attached hydrogens (tertiary/aromatic N) is 5. The molecular weight excluding hydrogens is 589 g/mol. The molecule has 0 amide bonds. The molecule has 45 heavy (non-hydrogen) atoms. The van der Waals surface area contributed by atoms with E-state index < -0.39 is 17.7 Å². The molecule has 0 radical (unpaired) electrons. The summed E-state index contributed by atoms with van der Waals surface area (Å²) in [6.07, 6.45) is 11.6. The van der Waals surface area contributed by atoms with E-state index in [0.717, 1.165) is 78.4 Å². The zero-order valence-corrected chi connectivity index (χ0v) is 27.6. The van der Waals surface area contributed by atoms with Gasteiger partial charge in [-0.2, -0.15) is 9.61 Å². The molecule has 1 atom stereocenters. The van der Waals surface area contributed by atoms with Crippen LogP contribution in [-0.4, -0.2) is 49.3 Å². The predicted molar refractivity (Wildman–Crippen MR) is 176 cm³/mol. The quantitative estimate of drug-likeness (QED) is 0.232. The summed E-state index contributed by atoms with van der Waals surface area (Å²) < 4.78 is 22.3. The Labute approximate surface area is 268 Å². The molecule has 0 saturated carbocycles. The smallest absolute Gasteiger partial charge is 0.337 e. The number of aromatic nitrogens is 4. The van der Waals surface area contributed by atoms with Crippen molar-refractivity contribution >= 4 is 28.8 Å². The van der Waals surface area contributed by atoms with E-state index >= 15 is 0 Å². The maximum absolute atomic E-state index is 14.3. The van der Waals surface area contributed by atoms with E-state index in [1.807, 2.05) is 46.0 Å². The molecule has 1 aromatic carbocycles. The Hall–Kier alpha value is -3.63. The molecule has 10 heteroatoms. The Kier molecular flexibility index (Phi) is 8.56. The number of rotatable bonds is 3. The molecule has 0 spiro atoms. The third-order valence-electron chi connectivity index (χ3n) is 9.00. The van der Waals surface area contributed by atoms with Crippen LogP contribution < -0.4 is 4.90 Å². The van der Waals surface area contributed by atoms with Crippen molar-refractivity contribution in [3.63, 3.8) is 0 Å². The van der Waals surface area contributed by atoms with Crippen LogP contribution in [0, 0.1) is 18.2 Å². The fraction of sp³-hybridized carbons (Fsp3) is 0.486. The summed E-state index contributed by atoms with van der Waals surface area (Å²) in [7, 11) is 0. The molecule has 3 aliphatic rings. The maximum Gasteiger partial charge on any atom is 0.337 e. The molecule has 6 bridgehead atoms. The lowest BCUT2D eigenvalue weighted by atomic mass is 9.76. The van der Waals surface area contributed by atoms with Crippen molar-refractivity contribution < 1.29 is 19.0 Å². The number of ether oxygens (including phenoxy) is 1. The van der Waals surface area contributed by atoms with Crippen molar-refractivity contribution in [3.05, 3.63) is 75.7 Å². The minimum atomic E-state index is -1.21. The summed E-state index contributed by atoms with van der Waals surface area (Å²) in [5.74, 6) is -0.570. The second-order valence-electron chi connectivity index (χ2n) is 13.8. The highest BCUT2D eigenvalue weighted by atomic mass is 32.1. The molecule has 4 aromatic rings. The molecule has 3 aromatic heterocycles. The zero-order chi connectivity index (χ0) is 31.9. The summed E-state index contributed by atoms with van der Waals surface area (Å²) in [5, 5.41) is 16.2. The highest BCUT2D eigenvalue weighted by Gasteiger charge is 2.37. The van der Waals surface area contributed by atoms with Gasteiger partial charge in [-0.3, -0.25) is 0 Å². The second-order valence-corrected chi connectivity index (χ2v) is 14.9.